The number of halogens is 3. The summed E-state index contributed by atoms with van der Waals surface area (Å²) in [5.41, 5.74) is 3.81. The highest BCUT2D eigenvalue weighted by Crippen LogP contribution is 2.34. The number of nitrogens with zero attached hydrogens (tertiary/aromatic N) is 1. The van der Waals surface area contributed by atoms with Gasteiger partial charge in [-0.05, 0) is 18.2 Å². The van der Waals surface area contributed by atoms with Gasteiger partial charge in [0.2, 0.25) is 0 Å². The van der Waals surface area contributed by atoms with Gasteiger partial charge in [-0.15, -0.1) is 0 Å². The largest absolute Gasteiger partial charge is 0.417 e. The van der Waals surface area contributed by atoms with E-state index < -0.39 is 17.3 Å². The monoisotopic (exact) mass is 262 g/mol. The summed E-state index contributed by atoms with van der Waals surface area (Å²) in [7, 11) is 0. The lowest BCUT2D eigenvalue weighted by molar-refractivity contribution is -0.137. The van der Waals surface area contributed by atoms with Crippen molar-refractivity contribution in [1.82, 2.24) is 0 Å². The molecule has 0 radical (unpaired) electrons. The molecule has 0 saturated carbocycles. The van der Waals surface area contributed by atoms with Gasteiger partial charge in [-0.2, -0.15) is 18.4 Å². The molecule has 7 heteroatoms. The van der Waals surface area contributed by atoms with Crippen molar-refractivity contribution in [3.8, 4) is 6.07 Å². The SMILES string of the molecule is N#Cc1ccc(SC(N)=S)cc1C(F)(F)F. The van der Waals surface area contributed by atoms with Gasteiger partial charge in [-0.25, -0.2) is 0 Å². The molecule has 0 bridgehead atoms. The Morgan fingerprint density at radius 1 is 1.44 bits per heavy atom. The third kappa shape index (κ3) is 3.12. The first-order valence-corrected chi connectivity index (χ1v) is 5.15. The van der Waals surface area contributed by atoms with Gasteiger partial charge in [0.1, 0.15) is 4.32 Å². The molecule has 0 fully saturated rings. The van der Waals surface area contributed by atoms with Crippen LogP contribution in [0.4, 0.5) is 13.2 Å². The van der Waals surface area contributed by atoms with Crippen LogP contribution in [0, 0.1) is 11.3 Å². The highest BCUT2D eigenvalue weighted by atomic mass is 32.2. The second-order valence-electron chi connectivity index (χ2n) is 2.74. The number of benzene rings is 1. The minimum atomic E-state index is -4.56. The van der Waals surface area contributed by atoms with Gasteiger partial charge in [-0.1, -0.05) is 24.0 Å². The lowest BCUT2D eigenvalue weighted by atomic mass is 10.1. The summed E-state index contributed by atoms with van der Waals surface area (Å²) in [4.78, 5) is 0.263. The Labute approximate surface area is 99.2 Å². The molecule has 1 aromatic rings. The molecule has 0 spiro atoms. The molecule has 1 aromatic carbocycles. The molecule has 2 nitrogen and oxygen atoms in total. The van der Waals surface area contributed by atoms with Crippen LogP contribution in [0.1, 0.15) is 11.1 Å². The van der Waals surface area contributed by atoms with Crippen molar-refractivity contribution in [3.05, 3.63) is 29.3 Å². The van der Waals surface area contributed by atoms with Gasteiger partial charge >= 0.3 is 6.18 Å². The molecular formula is C9H5F3N2S2. The summed E-state index contributed by atoms with van der Waals surface area (Å²) in [5.74, 6) is 0. The number of hydrogen-bond donors (Lipinski definition) is 1. The first-order chi connectivity index (χ1) is 7.34. The van der Waals surface area contributed by atoms with Crippen LogP contribution in [0.25, 0.3) is 0 Å². The minimum absolute atomic E-state index is 0.0258. The van der Waals surface area contributed by atoms with Crippen LogP contribution in [-0.2, 0) is 6.18 Å². The maximum Gasteiger partial charge on any atom is 0.417 e. The van der Waals surface area contributed by atoms with Crippen molar-refractivity contribution in [1.29, 1.82) is 5.26 Å². The van der Waals surface area contributed by atoms with Crippen LogP contribution in [0.15, 0.2) is 23.1 Å². The fourth-order valence-electron chi connectivity index (χ4n) is 1.04. The lowest BCUT2D eigenvalue weighted by Crippen LogP contribution is -2.08. The molecule has 0 aliphatic carbocycles. The van der Waals surface area contributed by atoms with Crippen molar-refractivity contribution < 1.29 is 13.2 Å². The average molecular weight is 262 g/mol. The van der Waals surface area contributed by atoms with Crippen LogP contribution in [0.2, 0.25) is 0 Å². The molecule has 2 N–H and O–H groups in total. The fraction of sp³-hybridized carbons (Fsp3) is 0.111. The third-order valence-corrected chi connectivity index (χ3v) is 2.58. The Bertz CT molecular complexity index is 463. The molecule has 0 aliphatic heterocycles. The molecule has 0 atom stereocenters. The van der Waals surface area contributed by atoms with Gasteiger partial charge in [-0.3, -0.25) is 0 Å². The van der Waals surface area contributed by atoms with Crippen molar-refractivity contribution >= 4 is 28.3 Å². The van der Waals surface area contributed by atoms with E-state index in [0.29, 0.717) is 0 Å². The molecule has 0 unspecified atom stereocenters. The summed E-state index contributed by atoms with van der Waals surface area (Å²) in [6.45, 7) is 0. The number of alkyl halides is 3. The lowest BCUT2D eigenvalue weighted by Gasteiger charge is -2.09. The van der Waals surface area contributed by atoms with E-state index in [4.69, 9.17) is 11.0 Å². The number of thioether (sulfide) groups is 1. The summed E-state index contributed by atoms with van der Waals surface area (Å²) in [6, 6.07) is 4.83. The molecular weight excluding hydrogens is 257 g/mol. The second kappa shape index (κ2) is 4.72. The standard InChI is InChI=1S/C9H5F3N2S2/c10-9(11,12)7-3-6(16-8(14)15)2-1-5(7)4-13/h1-3H,(H2,14,15). The Kier molecular flexibility index (Phi) is 3.78. The summed E-state index contributed by atoms with van der Waals surface area (Å²) >= 11 is 5.42. The van der Waals surface area contributed by atoms with Crippen molar-refractivity contribution in [3.63, 3.8) is 0 Å². The predicted octanol–water partition coefficient (Wildman–Crippen LogP) is 2.91. The van der Waals surface area contributed by atoms with Gasteiger partial charge in [0, 0.05) is 4.90 Å². The molecule has 84 valence electrons. The van der Waals surface area contributed by atoms with Crippen molar-refractivity contribution in [2.24, 2.45) is 5.73 Å². The zero-order valence-electron chi connectivity index (χ0n) is 7.71. The Morgan fingerprint density at radius 2 is 2.06 bits per heavy atom. The van der Waals surface area contributed by atoms with Crippen LogP contribution in [0.3, 0.4) is 0 Å². The van der Waals surface area contributed by atoms with Crippen LogP contribution in [0.5, 0.6) is 0 Å². The van der Waals surface area contributed by atoms with E-state index in [1.165, 1.54) is 12.1 Å². The molecule has 0 aromatic heterocycles. The summed E-state index contributed by atoms with van der Waals surface area (Å²) in [5, 5.41) is 8.55. The van der Waals surface area contributed by atoms with E-state index in [1.807, 2.05) is 0 Å². The fourth-order valence-corrected chi connectivity index (χ4v) is 1.87. The first-order valence-electron chi connectivity index (χ1n) is 3.93. The van der Waals surface area contributed by atoms with Crippen LogP contribution >= 0.6 is 24.0 Å². The van der Waals surface area contributed by atoms with Gasteiger partial charge in [0.15, 0.2) is 0 Å². The van der Waals surface area contributed by atoms with Gasteiger partial charge in [0.25, 0.3) is 0 Å². The topological polar surface area (TPSA) is 49.8 Å². The second-order valence-corrected chi connectivity index (χ2v) is 4.55. The Balaban J connectivity index is 3.23. The minimum Gasteiger partial charge on any atom is -0.384 e. The molecule has 0 aliphatic rings. The van der Waals surface area contributed by atoms with Crippen molar-refractivity contribution in [2.75, 3.05) is 0 Å². The number of rotatable bonds is 1. The molecule has 0 heterocycles. The maximum atomic E-state index is 12.5. The third-order valence-electron chi connectivity index (χ3n) is 1.64. The highest BCUT2D eigenvalue weighted by molar-refractivity contribution is 8.22. The van der Waals surface area contributed by atoms with E-state index in [-0.39, 0.29) is 9.22 Å². The summed E-state index contributed by atoms with van der Waals surface area (Å²) in [6.07, 6.45) is -4.56. The molecule has 1 rings (SSSR count). The number of hydrogen-bond acceptors (Lipinski definition) is 3. The first kappa shape index (κ1) is 12.8. The van der Waals surface area contributed by atoms with E-state index in [2.05, 4.69) is 12.2 Å². The van der Waals surface area contributed by atoms with E-state index in [0.717, 1.165) is 23.9 Å². The normalized spacial score (nSPS) is 10.9. The Morgan fingerprint density at radius 3 is 2.50 bits per heavy atom. The Hall–Kier alpha value is -1.26. The number of thiocarbonyl (C=S) groups is 1. The molecule has 0 saturated heterocycles. The van der Waals surface area contributed by atoms with E-state index in [1.54, 1.807) is 0 Å². The zero-order chi connectivity index (χ0) is 12.3. The van der Waals surface area contributed by atoms with Crippen LogP contribution < -0.4 is 5.73 Å². The van der Waals surface area contributed by atoms with Crippen molar-refractivity contribution in [2.45, 2.75) is 11.1 Å². The molecule has 0 amide bonds. The quantitative estimate of drug-likeness (QED) is 0.624. The van der Waals surface area contributed by atoms with Gasteiger partial charge < -0.3 is 5.73 Å². The predicted molar refractivity (Wildman–Crippen MR) is 58.8 cm³/mol. The maximum absolute atomic E-state index is 12.5. The summed E-state index contributed by atoms with van der Waals surface area (Å²) < 4.78 is 37.6. The van der Waals surface area contributed by atoms with Crippen LogP contribution in [-0.4, -0.2) is 4.32 Å². The number of nitriles is 1. The van der Waals surface area contributed by atoms with E-state index in [9.17, 15) is 13.2 Å². The zero-order valence-corrected chi connectivity index (χ0v) is 9.34. The smallest absolute Gasteiger partial charge is 0.384 e. The molecule has 16 heavy (non-hydrogen) atoms. The van der Waals surface area contributed by atoms with Gasteiger partial charge in [0.05, 0.1) is 17.2 Å². The highest BCUT2D eigenvalue weighted by Gasteiger charge is 2.33. The van der Waals surface area contributed by atoms with E-state index >= 15 is 0 Å². The number of nitrogens with two attached hydrogens (primary N) is 1. The average Bonchev–Trinajstić information content (AvgIpc) is 2.15.